The number of aromatic hydroxyl groups is 1. The summed E-state index contributed by atoms with van der Waals surface area (Å²) in [5, 5.41) is 33.2. The molecular formula is C21H24N2O6. The van der Waals surface area contributed by atoms with Crippen LogP contribution in [0.3, 0.4) is 0 Å². The van der Waals surface area contributed by atoms with E-state index in [0.29, 0.717) is 12.1 Å². The van der Waals surface area contributed by atoms with Crippen LogP contribution in [0.5, 0.6) is 5.75 Å². The number of rotatable bonds is 11. The minimum absolute atomic E-state index is 0.0273. The summed E-state index contributed by atoms with van der Waals surface area (Å²) in [4.78, 5) is 35.2. The minimum atomic E-state index is -1.20. The summed E-state index contributed by atoms with van der Waals surface area (Å²) in [7, 11) is 0. The van der Waals surface area contributed by atoms with Gasteiger partial charge in [0.2, 0.25) is 5.91 Å². The van der Waals surface area contributed by atoms with Crippen LogP contribution in [0.25, 0.3) is 0 Å². The highest BCUT2D eigenvalue weighted by Gasteiger charge is 2.26. The Morgan fingerprint density at radius 3 is 2.10 bits per heavy atom. The molecule has 0 radical (unpaired) electrons. The SMILES string of the molecule is O=C(O)CC[C@H](NCc1ccccc1)C(=O)N[C@@H](Cc1ccc(O)cc1)C(=O)O. The summed E-state index contributed by atoms with van der Waals surface area (Å²) < 4.78 is 0. The van der Waals surface area contributed by atoms with E-state index in [0.717, 1.165) is 5.56 Å². The maximum atomic E-state index is 12.7. The first-order chi connectivity index (χ1) is 13.8. The van der Waals surface area contributed by atoms with E-state index in [1.165, 1.54) is 12.1 Å². The third-order valence-electron chi connectivity index (χ3n) is 4.35. The molecule has 5 N–H and O–H groups in total. The summed E-state index contributed by atoms with van der Waals surface area (Å²) in [5.41, 5.74) is 1.55. The van der Waals surface area contributed by atoms with Gasteiger partial charge in [0.15, 0.2) is 0 Å². The van der Waals surface area contributed by atoms with Gasteiger partial charge in [-0.15, -0.1) is 0 Å². The van der Waals surface area contributed by atoms with Gasteiger partial charge in [-0.25, -0.2) is 4.79 Å². The fraction of sp³-hybridized carbons (Fsp3) is 0.286. The molecular weight excluding hydrogens is 376 g/mol. The maximum absolute atomic E-state index is 12.7. The topological polar surface area (TPSA) is 136 Å². The van der Waals surface area contributed by atoms with Crippen molar-refractivity contribution in [1.29, 1.82) is 0 Å². The Morgan fingerprint density at radius 2 is 1.52 bits per heavy atom. The number of amides is 1. The lowest BCUT2D eigenvalue weighted by atomic mass is 10.0. The number of carboxylic acids is 2. The average molecular weight is 400 g/mol. The second-order valence-corrected chi connectivity index (χ2v) is 6.62. The normalized spacial score (nSPS) is 12.7. The first-order valence-electron chi connectivity index (χ1n) is 9.15. The van der Waals surface area contributed by atoms with E-state index < -0.39 is 29.9 Å². The van der Waals surface area contributed by atoms with Crippen molar-refractivity contribution in [1.82, 2.24) is 10.6 Å². The molecule has 0 bridgehead atoms. The zero-order valence-electron chi connectivity index (χ0n) is 15.7. The highest BCUT2D eigenvalue weighted by atomic mass is 16.4. The molecule has 8 nitrogen and oxygen atoms in total. The molecule has 1 amide bonds. The first-order valence-corrected chi connectivity index (χ1v) is 9.15. The van der Waals surface area contributed by atoms with Crippen LogP contribution < -0.4 is 10.6 Å². The Labute approximate surface area is 168 Å². The third kappa shape index (κ3) is 7.63. The van der Waals surface area contributed by atoms with Crippen molar-refractivity contribution in [2.24, 2.45) is 0 Å². The fourth-order valence-electron chi connectivity index (χ4n) is 2.77. The standard InChI is InChI=1S/C21H24N2O6/c24-16-8-6-14(7-9-16)12-18(21(28)29)23-20(27)17(10-11-19(25)26)22-13-15-4-2-1-3-5-15/h1-9,17-18,22,24H,10-13H2,(H,23,27)(H,25,26)(H,28,29)/t17-,18-/m0/s1. The fourth-order valence-corrected chi connectivity index (χ4v) is 2.77. The monoisotopic (exact) mass is 400 g/mol. The Kier molecular flexibility index (Phi) is 8.17. The number of hydrogen-bond donors (Lipinski definition) is 5. The number of aliphatic carboxylic acids is 2. The Balaban J connectivity index is 2.04. The second kappa shape index (κ2) is 10.8. The molecule has 8 heteroatoms. The van der Waals surface area contributed by atoms with E-state index in [2.05, 4.69) is 10.6 Å². The molecule has 0 unspecified atom stereocenters. The van der Waals surface area contributed by atoms with Crippen molar-refractivity contribution in [3.8, 4) is 5.75 Å². The first kappa shape index (κ1) is 21.9. The third-order valence-corrected chi connectivity index (χ3v) is 4.35. The zero-order valence-corrected chi connectivity index (χ0v) is 15.7. The van der Waals surface area contributed by atoms with Gasteiger partial charge in [0, 0.05) is 19.4 Å². The van der Waals surface area contributed by atoms with E-state index in [1.807, 2.05) is 30.3 Å². The number of carbonyl (C=O) groups is 3. The van der Waals surface area contributed by atoms with Gasteiger partial charge < -0.3 is 26.0 Å². The van der Waals surface area contributed by atoms with E-state index in [4.69, 9.17) is 5.11 Å². The number of phenols is 1. The number of carboxylic acid groups (broad SMARTS) is 2. The molecule has 154 valence electrons. The summed E-state index contributed by atoms with van der Waals surface area (Å²) in [6.45, 7) is 0.342. The molecule has 2 atom stereocenters. The van der Waals surface area contributed by atoms with Crippen molar-refractivity contribution in [2.45, 2.75) is 37.9 Å². The molecule has 0 heterocycles. The van der Waals surface area contributed by atoms with Gasteiger partial charge in [0.25, 0.3) is 0 Å². The number of hydrogen-bond acceptors (Lipinski definition) is 5. The van der Waals surface area contributed by atoms with Gasteiger partial charge in [-0.1, -0.05) is 42.5 Å². The molecule has 29 heavy (non-hydrogen) atoms. The van der Waals surface area contributed by atoms with E-state index >= 15 is 0 Å². The molecule has 0 saturated heterocycles. The maximum Gasteiger partial charge on any atom is 0.326 e. The van der Waals surface area contributed by atoms with Crippen molar-refractivity contribution < 1.29 is 29.7 Å². The Hall–Kier alpha value is -3.39. The molecule has 0 spiro atoms. The highest BCUT2D eigenvalue weighted by Crippen LogP contribution is 2.12. The summed E-state index contributed by atoms with van der Waals surface area (Å²) in [6, 6.07) is 13.3. The molecule has 2 aromatic carbocycles. The van der Waals surface area contributed by atoms with Crippen molar-refractivity contribution in [3.05, 3.63) is 65.7 Å². The predicted molar refractivity (Wildman–Crippen MR) is 105 cm³/mol. The van der Waals surface area contributed by atoms with Crippen molar-refractivity contribution in [3.63, 3.8) is 0 Å². The zero-order chi connectivity index (χ0) is 21.2. The van der Waals surface area contributed by atoms with Gasteiger partial charge in [-0.3, -0.25) is 9.59 Å². The molecule has 2 aromatic rings. The molecule has 0 aliphatic rings. The molecule has 2 rings (SSSR count). The van der Waals surface area contributed by atoms with Crippen LogP contribution in [0.1, 0.15) is 24.0 Å². The van der Waals surface area contributed by atoms with E-state index in [-0.39, 0.29) is 25.0 Å². The van der Waals surface area contributed by atoms with Gasteiger partial charge in [-0.05, 0) is 29.7 Å². The number of nitrogens with one attached hydrogen (secondary N) is 2. The molecule has 0 aliphatic heterocycles. The molecule has 0 saturated carbocycles. The molecule has 0 aromatic heterocycles. The van der Waals surface area contributed by atoms with Crippen LogP contribution in [0.15, 0.2) is 54.6 Å². The second-order valence-electron chi connectivity index (χ2n) is 6.62. The number of benzene rings is 2. The smallest absolute Gasteiger partial charge is 0.326 e. The lowest BCUT2D eigenvalue weighted by Gasteiger charge is -2.21. The van der Waals surface area contributed by atoms with Crippen LogP contribution in [0, 0.1) is 0 Å². The van der Waals surface area contributed by atoms with Crippen LogP contribution in [0.4, 0.5) is 0 Å². The summed E-state index contributed by atoms with van der Waals surface area (Å²) in [5.74, 6) is -2.76. The largest absolute Gasteiger partial charge is 0.508 e. The van der Waals surface area contributed by atoms with Crippen molar-refractivity contribution in [2.75, 3.05) is 0 Å². The van der Waals surface area contributed by atoms with Gasteiger partial charge in [-0.2, -0.15) is 0 Å². The van der Waals surface area contributed by atoms with Crippen LogP contribution in [-0.2, 0) is 27.3 Å². The quantitative estimate of drug-likeness (QED) is 0.386. The lowest BCUT2D eigenvalue weighted by Crippen LogP contribution is -2.51. The lowest BCUT2D eigenvalue weighted by molar-refractivity contribution is -0.142. The van der Waals surface area contributed by atoms with E-state index in [9.17, 15) is 24.6 Å². The molecule has 0 aliphatic carbocycles. The summed E-state index contributed by atoms with van der Waals surface area (Å²) >= 11 is 0. The molecule has 0 fully saturated rings. The Morgan fingerprint density at radius 1 is 0.862 bits per heavy atom. The highest BCUT2D eigenvalue weighted by molar-refractivity contribution is 5.87. The number of phenolic OH excluding ortho intramolecular Hbond substituents is 1. The average Bonchev–Trinajstić information content (AvgIpc) is 2.69. The minimum Gasteiger partial charge on any atom is -0.508 e. The summed E-state index contributed by atoms with van der Waals surface area (Å²) in [6.07, 6.45) is -0.166. The van der Waals surface area contributed by atoms with Gasteiger partial charge >= 0.3 is 11.9 Å². The number of carbonyl (C=O) groups excluding carboxylic acids is 1. The van der Waals surface area contributed by atoms with Crippen LogP contribution >= 0.6 is 0 Å². The van der Waals surface area contributed by atoms with Gasteiger partial charge in [0.1, 0.15) is 11.8 Å². The van der Waals surface area contributed by atoms with Crippen LogP contribution in [-0.4, -0.2) is 45.2 Å². The predicted octanol–water partition coefficient (Wildman–Crippen LogP) is 1.53. The van der Waals surface area contributed by atoms with Gasteiger partial charge in [0.05, 0.1) is 6.04 Å². The van der Waals surface area contributed by atoms with Crippen molar-refractivity contribution >= 4 is 17.8 Å². The Bertz CT molecular complexity index is 823. The van der Waals surface area contributed by atoms with E-state index in [1.54, 1.807) is 12.1 Å². The van der Waals surface area contributed by atoms with Crippen LogP contribution in [0.2, 0.25) is 0 Å².